The molecule has 0 atom stereocenters. The lowest BCUT2D eigenvalue weighted by atomic mass is 10.3. The van der Waals surface area contributed by atoms with Gasteiger partial charge in [0.05, 0.1) is 14.7 Å². The van der Waals surface area contributed by atoms with E-state index in [4.69, 9.17) is 15.3 Å². The van der Waals surface area contributed by atoms with E-state index in [-0.39, 0.29) is 15.5 Å². The Bertz CT molecular complexity index is 1320. The molecule has 10 nitrogen and oxygen atoms in total. The minimum absolute atomic E-state index is 0.0670. The molecule has 0 spiro atoms. The van der Waals surface area contributed by atoms with Crippen LogP contribution in [0.4, 0.5) is 5.69 Å². The van der Waals surface area contributed by atoms with Gasteiger partial charge in [0.25, 0.3) is 0 Å². The van der Waals surface area contributed by atoms with Crippen LogP contribution in [0, 0.1) is 10.1 Å². The van der Waals surface area contributed by atoms with Crippen molar-refractivity contribution in [2.75, 3.05) is 18.8 Å². The van der Waals surface area contributed by atoms with Gasteiger partial charge < -0.3 is 15.3 Å². The molecule has 13 heteroatoms. The SMILES string of the molecule is CS(=O)(=O)c1ccc(O)c([N+](=O)[O-])c1.CS(=O)(=O)c1ccc(O)cc1.CSc1ccc(O)cc1. The highest BCUT2D eigenvalue weighted by Gasteiger charge is 2.17. The zero-order valence-corrected chi connectivity index (χ0v) is 20.8. The number of hydrogen-bond acceptors (Lipinski definition) is 10. The van der Waals surface area contributed by atoms with E-state index in [1.54, 1.807) is 23.9 Å². The van der Waals surface area contributed by atoms with Crippen LogP contribution in [0.3, 0.4) is 0 Å². The summed E-state index contributed by atoms with van der Waals surface area (Å²) in [7, 11) is -6.62. The molecule has 3 aromatic carbocycles. The van der Waals surface area contributed by atoms with E-state index in [0.29, 0.717) is 5.75 Å². The Kier molecular flexibility index (Phi) is 10.4. The van der Waals surface area contributed by atoms with E-state index in [1.807, 2.05) is 18.4 Å². The second-order valence-electron chi connectivity index (χ2n) is 6.64. The number of benzene rings is 3. The lowest BCUT2D eigenvalue weighted by Gasteiger charge is -1.99. The maximum Gasteiger partial charge on any atom is 0.311 e. The monoisotopic (exact) mass is 529 g/mol. The quantitative estimate of drug-likeness (QED) is 0.257. The van der Waals surface area contributed by atoms with Crippen molar-refractivity contribution in [2.24, 2.45) is 0 Å². The summed E-state index contributed by atoms with van der Waals surface area (Å²) in [5, 5.41) is 37.1. The van der Waals surface area contributed by atoms with Crippen LogP contribution in [0.5, 0.6) is 17.2 Å². The molecule has 0 unspecified atom stereocenters. The maximum absolute atomic E-state index is 11.0. The summed E-state index contributed by atoms with van der Waals surface area (Å²) in [5.74, 6) is -0.160. The number of nitrogens with zero attached hydrogens (tertiary/aromatic N) is 1. The largest absolute Gasteiger partial charge is 0.508 e. The summed E-state index contributed by atoms with van der Waals surface area (Å²) in [6.07, 6.45) is 4.06. The predicted octanol–water partition coefficient (Wildman–Crippen LogP) is 3.61. The number of phenols is 3. The minimum atomic E-state index is -3.49. The zero-order chi connectivity index (χ0) is 26.1. The van der Waals surface area contributed by atoms with Crippen LogP contribution in [0.2, 0.25) is 0 Å². The molecular formula is C21H23NO9S3. The van der Waals surface area contributed by atoms with Crippen molar-refractivity contribution >= 4 is 37.1 Å². The molecule has 0 amide bonds. The van der Waals surface area contributed by atoms with E-state index in [9.17, 15) is 26.9 Å². The molecule has 0 bridgehead atoms. The smallest absolute Gasteiger partial charge is 0.311 e. The first-order chi connectivity index (χ1) is 15.6. The van der Waals surface area contributed by atoms with Gasteiger partial charge in [-0.05, 0) is 66.9 Å². The summed E-state index contributed by atoms with van der Waals surface area (Å²) in [6, 6.07) is 15.5. The summed E-state index contributed by atoms with van der Waals surface area (Å²) < 4.78 is 43.8. The molecule has 0 heterocycles. The fraction of sp³-hybridized carbons (Fsp3) is 0.143. The van der Waals surface area contributed by atoms with E-state index >= 15 is 0 Å². The standard InChI is InChI=1S/C7H7NO5S.C7H8O3S.C7H8OS/c1-14(12,13)5-2-3-7(9)6(4-5)8(10)11;1-11(9,10)7-4-2-6(8)3-5-7;1-9-7-4-2-6(8)3-5-7/h2-4,9H,1H3;2-5,8H,1H3;2-5,8H,1H3. The molecule has 3 N–H and O–H groups in total. The molecule has 0 aromatic heterocycles. The molecule has 0 radical (unpaired) electrons. The Morgan fingerprint density at radius 2 is 1.15 bits per heavy atom. The fourth-order valence-corrected chi connectivity index (χ4v) is 3.84. The van der Waals surface area contributed by atoms with E-state index in [0.717, 1.165) is 30.7 Å². The van der Waals surface area contributed by atoms with Gasteiger partial charge in [0.2, 0.25) is 0 Å². The third-order valence-electron chi connectivity index (χ3n) is 3.91. The van der Waals surface area contributed by atoms with Gasteiger partial charge in [-0.25, -0.2) is 16.8 Å². The zero-order valence-electron chi connectivity index (χ0n) is 18.3. The van der Waals surface area contributed by atoms with Crippen LogP contribution < -0.4 is 0 Å². The number of thioether (sulfide) groups is 1. The minimum Gasteiger partial charge on any atom is -0.508 e. The van der Waals surface area contributed by atoms with Crippen molar-refractivity contribution < 1.29 is 37.1 Å². The van der Waals surface area contributed by atoms with Crippen LogP contribution in [0.1, 0.15) is 0 Å². The van der Waals surface area contributed by atoms with Crippen molar-refractivity contribution in [3.8, 4) is 17.2 Å². The number of aromatic hydroxyl groups is 3. The third-order valence-corrected chi connectivity index (χ3v) is 6.89. The second-order valence-corrected chi connectivity index (χ2v) is 11.6. The van der Waals surface area contributed by atoms with Crippen LogP contribution in [-0.2, 0) is 19.7 Å². The Morgan fingerprint density at radius 1 is 0.735 bits per heavy atom. The molecule has 0 aliphatic rings. The predicted molar refractivity (Wildman–Crippen MR) is 129 cm³/mol. The summed E-state index contributed by atoms with van der Waals surface area (Å²) >= 11 is 1.67. The Balaban J connectivity index is 0.000000262. The van der Waals surface area contributed by atoms with Gasteiger partial charge in [-0.2, -0.15) is 0 Å². The first-order valence-corrected chi connectivity index (χ1v) is 14.2. The second kappa shape index (κ2) is 12.3. The van der Waals surface area contributed by atoms with Gasteiger partial charge in [0, 0.05) is 23.5 Å². The summed E-state index contributed by atoms with van der Waals surface area (Å²) in [4.78, 5) is 10.7. The number of hydrogen-bond donors (Lipinski definition) is 3. The number of sulfone groups is 2. The lowest BCUT2D eigenvalue weighted by molar-refractivity contribution is -0.386. The summed E-state index contributed by atoms with van der Waals surface area (Å²) in [5.41, 5.74) is -0.618. The Morgan fingerprint density at radius 3 is 1.53 bits per heavy atom. The van der Waals surface area contributed by atoms with Gasteiger partial charge in [-0.15, -0.1) is 11.8 Å². The van der Waals surface area contributed by atoms with E-state index in [2.05, 4.69) is 0 Å². The van der Waals surface area contributed by atoms with Gasteiger partial charge in [0.1, 0.15) is 11.5 Å². The van der Waals surface area contributed by atoms with Crippen LogP contribution in [0.25, 0.3) is 0 Å². The molecular weight excluding hydrogens is 506 g/mol. The maximum atomic E-state index is 11.0. The van der Waals surface area contributed by atoms with Gasteiger partial charge in [-0.1, -0.05) is 0 Å². The molecule has 0 saturated carbocycles. The Hall–Kier alpha value is -3.29. The first kappa shape index (κ1) is 28.7. The number of phenolic OH excluding ortho intramolecular Hbond substituents is 3. The third kappa shape index (κ3) is 9.68. The average molecular weight is 530 g/mol. The van der Waals surface area contributed by atoms with Crippen LogP contribution >= 0.6 is 11.8 Å². The van der Waals surface area contributed by atoms with Crippen LogP contribution in [0.15, 0.2) is 81.4 Å². The lowest BCUT2D eigenvalue weighted by Crippen LogP contribution is -1.98. The molecule has 34 heavy (non-hydrogen) atoms. The van der Waals surface area contributed by atoms with Crippen molar-refractivity contribution in [3.63, 3.8) is 0 Å². The number of nitro benzene ring substituents is 1. The number of rotatable bonds is 4. The Labute approximate surface area is 201 Å². The van der Waals surface area contributed by atoms with Crippen molar-refractivity contribution in [1.29, 1.82) is 0 Å². The molecule has 3 aromatic rings. The molecule has 0 fully saturated rings. The normalized spacial score (nSPS) is 10.8. The first-order valence-electron chi connectivity index (χ1n) is 9.14. The molecule has 0 saturated heterocycles. The topological polar surface area (TPSA) is 172 Å². The average Bonchev–Trinajstić information content (AvgIpc) is 2.74. The molecule has 3 rings (SSSR count). The van der Waals surface area contributed by atoms with Crippen molar-refractivity contribution in [3.05, 3.63) is 76.8 Å². The van der Waals surface area contributed by atoms with Gasteiger partial charge in [0.15, 0.2) is 25.4 Å². The molecule has 0 aliphatic carbocycles. The molecule has 0 aliphatic heterocycles. The van der Waals surface area contributed by atoms with E-state index in [1.165, 1.54) is 29.2 Å². The van der Waals surface area contributed by atoms with Gasteiger partial charge in [-0.3, -0.25) is 10.1 Å². The van der Waals surface area contributed by atoms with E-state index < -0.39 is 36.0 Å². The number of nitro groups is 1. The molecule has 184 valence electrons. The highest BCUT2D eigenvalue weighted by Crippen LogP contribution is 2.28. The van der Waals surface area contributed by atoms with Crippen LogP contribution in [-0.4, -0.2) is 55.8 Å². The van der Waals surface area contributed by atoms with Crippen molar-refractivity contribution in [2.45, 2.75) is 14.7 Å². The van der Waals surface area contributed by atoms with Crippen molar-refractivity contribution in [1.82, 2.24) is 0 Å². The van der Waals surface area contributed by atoms with Gasteiger partial charge >= 0.3 is 5.69 Å². The highest BCUT2D eigenvalue weighted by atomic mass is 32.2. The summed E-state index contributed by atoms with van der Waals surface area (Å²) in [6.45, 7) is 0. The fourth-order valence-electron chi connectivity index (χ4n) is 2.16. The highest BCUT2D eigenvalue weighted by molar-refractivity contribution is 7.98.